The Balaban J connectivity index is 0.00000256. The molecular formula is C9H10NNaO5S. The van der Waals surface area contributed by atoms with Crippen molar-refractivity contribution in [1.29, 1.82) is 0 Å². The van der Waals surface area contributed by atoms with Gasteiger partial charge in [0.1, 0.15) is 0 Å². The minimum atomic E-state index is -4.29. The fourth-order valence-corrected chi connectivity index (χ4v) is 1.49. The number of rotatable bonds is 3. The van der Waals surface area contributed by atoms with E-state index in [9.17, 15) is 13.5 Å². The standard InChI is InChI=1S/C9H11NO5S.Na/c1-2-15-9(11)10-7-4-3-5-8(6-7)16(12,13)14;/h3-6H,2H2,1H3,(H,10,11)(H,12,13,14);/q;+1/p-1. The van der Waals surface area contributed by atoms with Gasteiger partial charge in [-0.1, -0.05) is 13.0 Å². The Morgan fingerprint density at radius 1 is 1.53 bits per heavy atom. The van der Waals surface area contributed by atoms with Crippen LogP contribution in [0.15, 0.2) is 34.2 Å². The quantitative estimate of drug-likeness (QED) is 0.278. The Labute approximate surface area is 121 Å². The van der Waals surface area contributed by atoms with Gasteiger partial charge in [-0.3, -0.25) is 4.55 Å². The van der Waals surface area contributed by atoms with Gasteiger partial charge in [0, 0.05) is 0 Å². The van der Waals surface area contributed by atoms with Crippen LogP contribution in [-0.4, -0.2) is 25.7 Å². The van der Waals surface area contributed by atoms with Crippen LogP contribution in [0.25, 0.3) is 0 Å². The largest absolute Gasteiger partial charge is 1.00 e. The smallest absolute Gasteiger partial charge is 0.600 e. The summed E-state index contributed by atoms with van der Waals surface area (Å²) in [6.45, 7) is 1.81. The fourth-order valence-electron chi connectivity index (χ4n) is 0.975. The van der Waals surface area contributed by atoms with Gasteiger partial charge in [-0.15, -0.1) is 0 Å². The topological polar surface area (TPSA) is 99.0 Å². The van der Waals surface area contributed by atoms with E-state index in [-0.39, 0.29) is 46.7 Å². The maximum Gasteiger partial charge on any atom is 1.00 e. The van der Waals surface area contributed by atoms with Crippen molar-refractivity contribution in [2.45, 2.75) is 11.8 Å². The SMILES string of the molecule is CCOC([O-])=Nc1cccc(S(=O)(=O)O)c1.[Na+]. The zero-order valence-electron chi connectivity index (χ0n) is 9.45. The van der Waals surface area contributed by atoms with Crippen LogP contribution in [0.5, 0.6) is 0 Å². The van der Waals surface area contributed by atoms with Gasteiger partial charge in [0.2, 0.25) is 0 Å². The molecule has 0 heterocycles. The van der Waals surface area contributed by atoms with Crippen molar-refractivity contribution >= 4 is 21.9 Å². The second-order valence-electron chi connectivity index (χ2n) is 2.78. The van der Waals surface area contributed by atoms with Crippen molar-refractivity contribution in [3.63, 3.8) is 0 Å². The Morgan fingerprint density at radius 2 is 2.18 bits per heavy atom. The zero-order valence-corrected chi connectivity index (χ0v) is 12.3. The summed E-state index contributed by atoms with van der Waals surface area (Å²) in [6.07, 6.45) is -0.810. The van der Waals surface area contributed by atoms with Gasteiger partial charge in [0.25, 0.3) is 10.1 Å². The van der Waals surface area contributed by atoms with E-state index in [2.05, 4.69) is 9.73 Å². The third-order valence-electron chi connectivity index (χ3n) is 1.60. The summed E-state index contributed by atoms with van der Waals surface area (Å²) in [7, 11) is -4.29. The van der Waals surface area contributed by atoms with Crippen LogP contribution in [0.3, 0.4) is 0 Å². The van der Waals surface area contributed by atoms with Crippen LogP contribution in [0.4, 0.5) is 5.69 Å². The molecule has 0 unspecified atom stereocenters. The van der Waals surface area contributed by atoms with E-state index >= 15 is 0 Å². The molecule has 0 fully saturated rings. The molecule has 8 heteroatoms. The molecule has 0 aliphatic carbocycles. The third-order valence-corrected chi connectivity index (χ3v) is 2.45. The predicted molar refractivity (Wildman–Crippen MR) is 55.0 cm³/mol. The first-order valence-electron chi connectivity index (χ1n) is 4.39. The molecule has 17 heavy (non-hydrogen) atoms. The average Bonchev–Trinajstić information content (AvgIpc) is 2.17. The van der Waals surface area contributed by atoms with Gasteiger partial charge in [-0.2, -0.15) is 8.42 Å². The molecule has 0 saturated carbocycles. The summed E-state index contributed by atoms with van der Waals surface area (Å²) < 4.78 is 34.9. The molecule has 88 valence electrons. The van der Waals surface area contributed by atoms with Crippen LogP contribution in [-0.2, 0) is 14.9 Å². The Bertz CT molecular complexity index is 500. The van der Waals surface area contributed by atoms with E-state index in [0.29, 0.717) is 0 Å². The Morgan fingerprint density at radius 3 is 2.71 bits per heavy atom. The minimum absolute atomic E-state index is 0. The second-order valence-corrected chi connectivity index (χ2v) is 4.20. The van der Waals surface area contributed by atoms with Gasteiger partial charge in [-0.25, -0.2) is 4.99 Å². The van der Waals surface area contributed by atoms with Crippen LogP contribution < -0.4 is 34.7 Å². The molecule has 1 aromatic carbocycles. The molecule has 0 aromatic heterocycles. The molecule has 0 amide bonds. The van der Waals surface area contributed by atoms with Gasteiger partial charge in [-0.05, 0) is 24.8 Å². The van der Waals surface area contributed by atoms with Gasteiger partial charge in [0.05, 0.1) is 10.6 Å². The van der Waals surface area contributed by atoms with Gasteiger partial charge >= 0.3 is 29.6 Å². The van der Waals surface area contributed by atoms with E-state index in [1.54, 1.807) is 6.92 Å². The molecule has 1 rings (SSSR count). The van der Waals surface area contributed by atoms with Crippen molar-refractivity contribution in [3.8, 4) is 0 Å². The molecule has 6 nitrogen and oxygen atoms in total. The number of hydrogen-bond acceptors (Lipinski definition) is 5. The molecule has 0 spiro atoms. The molecule has 0 bridgehead atoms. The van der Waals surface area contributed by atoms with Crippen molar-refractivity contribution in [2.75, 3.05) is 6.61 Å². The van der Waals surface area contributed by atoms with Gasteiger partial charge in [0.15, 0.2) is 6.08 Å². The third kappa shape index (κ3) is 5.51. The summed E-state index contributed by atoms with van der Waals surface area (Å²) in [4.78, 5) is 3.16. The zero-order chi connectivity index (χ0) is 12.2. The van der Waals surface area contributed by atoms with Crippen LogP contribution in [0, 0.1) is 0 Å². The molecule has 0 aliphatic rings. The number of hydrogen-bond donors (Lipinski definition) is 1. The molecular weight excluding hydrogens is 257 g/mol. The normalized spacial score (nSPS) is 11.8. The van der Waals surface area contributed by atoms with Crippen molar-refractivity contribution in [3.05, 3.63) is 24.3 Å². The van der Waals surface area contributed by atoms with Crippen LogP contribution >= 0.6 is 0 Å². The number of ether oxygens (including phenoxy) is 1. The first kappa shape index (κ1) is 16.4. The molecule has 0 aliphatic heterocycles. The summed E-state index contributed by atoms with van der Waals surface area (Å²) in [5, 5.41) is 11.0. The summed E-state index contributed by atoms with van der Waals surface area (Å²) in [5.74, 6) is 0. The molecule has 1 N–H and O–H groups in total. The maximum absolute atomic E-state index is 11.0. The summed E-state index contributed by atoms with van der Waals surface area (Å²) in [5.41, 5.74) is 0.105. The first-order chi connectivity index (χ1) is 7.43. The minimum Gasteiger partial charge on any atom is -0.600 e. The fraction of sp³-hybridized carbons (Fsp3) is 0.222. The van der Waals surface area contributed by atoms with E-state index in [1.807, 2.05) is 0 Å². The van der Waals surface area contributed by atoms with Crippen molar-refractivity contribution in [2.24, 2.45) is 4.99 Å². The Hall–Kier alpha value is -0.600. The Kier molecular flexibility index (Phi) is 6.73. The molecule has 0 radical (unpaired) electrons. The summed E-state index contributed by atoms with van der Waals surface area (Å²) in [6, 6.07) is 5.05. The molecule has 1 aromatic rings. The molecule has 0 atom stereocenters. The van der Waals surface area contributed by atoms with Gasteiger partial charge < -0.3 is 9.84 Å². The van der Waals surface area contributed by atoms with Crippen molar-refractivity contribution < 1.29 is 52.4 Å². The van der Waals surface area contributed by atoms with Crippen LogP contribution in [0.2, 0.25) is 0 Å². The second kappa shape index (κ2) is 6.97. The number of nitrogens with zero attached hydrogens (tertiary/aromatic N) is 1. The van der Waals surface area contributed by atoms with E-state index in [4.69, 9.17) is 4.55 Å². The number of benzene rings is 1. The van der Waals surface area contributed by atoms with E-state index in [0.717, 1.165) is 6.07 Å². The molecule has 0 saturated heterocycles. The van der Waals surface area contributed by atoms with E-state index < -0.39 is 16.2 Å². The average molecular weight is 267 g/mol. The van der Waals surface area contributed by atoms with E-state index in [1.165, 1.54) is 18.2 Å². The van der Waals surface area contributed by atoms with Crippen molar-refractivity contribution in [1.82, 2.24) is 0 Å². The summed E-state index contributed by atoms with van der Waals surface area (Å²) >= 11 is 0. The number of aliphatic imine (C=N–C) groups is 1. The van der Waals surface area contributed by atoms with Crippen LogP contribution in [0.1, 0.15) is 6.92 Å². The predicted octanol–water partition coefficient (Wildman–Crippen LogP) is -2.68. The monoisotopic (exact) mass is 267 g/mol. The first-order valence-corrected chi connectivity index (χ1v) is 5.83. The maximum atomic E-state index is 11.0.